The van der Waals surface area contributed by atoms with Gasteiger partial charge in [0.15, 0.2) is 5.65 Å². The van der Waals surface area contributed by atoms with E-state index in [9.17, 15) is 13.2 Å². The molecule has 6 rings (SSSR count). The molecule has 0 bridgehead atoms. The minimum Gasteiger partial charge on any atom is -0.383 e. The molecule has 2 aliphatic rings. The Labute approximate surface area is 212 Å². The summed E-state index contributed by atoms with van der Waals surface area (Å²) in [7, 11) is 0. The molecule has 0 amide bonds. The van der Waals surface area contributed by atoms with Gasteiger partial charge in [0.25, 0.3) is 0 Å². The number of benzene rings is 2. The van der Waals surface area contributed by atoms with Gasteiger partial charge in [-0.3, -0.25) is 0 Å². The zero-order valence-corrected chi connectivity index (χ0v) is 20.4. The summed E-state index contributed by atoms with van der Waals surface area (Å²) in [6.07, 6.45) is 5.82. The van der Waals surface area contributed by atoms with Gasteiger partial charge in [0.2, 0.25) is 5.95 Å². The predicted molar refractivity (Wildman–Crippen MR) is 137 cm³/mol. The van der Waals surface area contributed by atoms with Gasteiger partial charge in [-0.1, -0.05) is 18.6 Å². The summed E-state index contributed by atoms with van der Waals surface area (Å²) in [6, 6.07) is 9.67. The molecule has 192 valence electrons. The quantitative estimate of drug-likeness (QED) is 0.422. The number of piperidine rings is 2. The van der Waals surface area contributed by atoms with Crippen LogP contribution in [0, 0.1) is 17.5 Å². The Morgan fingerprint density at radius 1 is 0.838 bits per heavy atom. The van der Waals surface area contributed by atoms with E-state index in [2.05, 4.69) is 19.9 Å². The minimum atomic E-state index is -0.679. The normalized spacial score (nSPS) is 17.5. The van der Waals surface area contributed by atoms with Crippen LogP contribution in [0.25, 0.3) is 28.0 Å². The highest BCUT2D eigenvalue weighted by Gasteiger charge is 2.28. The fourth-order valence-corrected chi connectivity index (χ4v) is 5.53. The van der Waals surface area contributed by atoms with E-state index in [4.69, 9.17) is 10.7 Å². The SMILES string of the molecule is Nc1c2c(-c3cccc(F)c3)nc(N3CCC(N4CCCCC4)CC3)nc2nn1-c1cc(F)ccc1F. The Balaban J connectivity index is 1.42. The van der Waals surface area contributed by atoms with Crippen molar-refractivity contribution in [1.82, 2.24) is 24.6 Å². The van der Waals surface area contributed by atoms with Crippen molar-refractivity contribution in [2.24, 2.45) is 0 Å². The highest BCUT2D eigenvalue weighted by Crippen LogP contribution is 2.35. The van der Waals surface area contributed by atoms with Crippen LogP contribution in [0.15, 0.2) is 42.5 Å². The molecule has 0 unspecified atom stereocenters. The summed E-state index contributed by atoms with van der Waals surface area (Å²) >= 11 is 0. The predicted octanol–water partition coefficient (Wildman–Crippen LogP) is 4.94. The summed E-state index contributed by atoms with van der Waals surface area (Å²) < 4.78 is 43.9. The van der Waals surface area contributed by atoms with Gasteiger partial charge in [-0.05, 0) is 63.0 Å². The van der Waals surface area contributed by atoms with Crippen LogP contribution in [-0.2, 0) is 0 Å². The van der Waals surface area contributed by atoms with Gasteiger partial charge in [-0.15, -0.1) is 5.10 Å². The van der Waals surface area contributed by atoms with Crippen molar-refractivity contribution in [1.29, 1.82) is 0 Å². The van der Waals surface area contributed by atoms with Crippen LogP contribution < -0.4 is 10.6 Å². The van der Waals surface area contributed by atoms with Crippen LogP contribution >= 0.6 is 0 Å². The average Bonchev–Trinajstić information content (AvgIpc) is 3.26. The van der Waals surface area contributed by atoms with E-state index in [-0.39, 0.29) is 17.2 Å². The molecule has 0 atom stereocenters. The van der Waals surface area contributed by atoms with E-state index in [0.717, 1.165) is 61.9 Å². The number of anilines is 2. The second kappa shape index (κ2) is 9.66. The number of nitrogens with zero attached hydrogens (tertiary/aromatic N) is 6. The molecule has 7 nitrogen and oxygen atoms in total. The highest BCUT2D eigenvalue weighted by atomic mass is 19.1. The lowest BCUT2D eigenvalue weighted by atomic mass is 10.00. The molecule has 2 fully saturated rings. The van der Waals surface area contributed by atoms with Gasteiger partial charge in [0.1, 0.15) is 29.0 Å². The second-order valence-corrected chi connectivity index (χ2v) is 9.79. The maximum absolute atomic E-state index is 14.6. The largest absolute Gasteiger partial charge is 0.383 e. The number of nitrogen functional groups attached to an aromatic ring is 1. The number of aromatic nitrogens is 4. The molecule has 0 spiro atoms. The first-order chi connectivity index (χ1) is 18.0. The fourth-order valence-electron chi connectivity index (χ4n) is 5.53. The van der Waals surface area contributed by atoms with Crippen molar-refractivity contribution in [2.45, 2.75) is 38.1 Å². The van der Waals surface area contributed by atoms with Gasteiger partial charge in [-0.2, -0.15) is 4.98 Å². The number of hydrogen-bond acceptors (Lipinski definition) is 6. The minimum absolute atomic E-state index is 0.0501. The van der Waals surface area contributed by atoms with Gasteiger partial charge >= 0.3 is 0 Å². The van der Waals surface area contributed by atoms with Crippen LogP contribution in [0.2, 0.25) is 0 Å². The van der Waals surface area contributed by atoms with Crippen molar-refractivity contribution in [3.63, 3.8) is 0 Å². The lowest BCUT2D eigenvalue weighted by Gasteiger charge is -2.40. The number of hydrogen-bond donors (Lipinski definition) is 1. The van der Waals surface area contributed by atoms with E-state index in [1.807, 2.05) is 0 Å². The number of likely N-dealkylation sites (tertiary alicyclic amines) is 1. The molecule has 37 heavy (non-hydrogen) atoms. The Kier molecular flexibility index (Phi) is 6.19. The maximum Gasteiger partial charge on any atom is 0.228 e. The molecule has 0 saturated carbocycles. The van der Waals surface area contributed by atoms with Gasteiger partial charge in [0.05, 0.1) is 11.1 Å². The smallest absolute Gasteiger partial charge is 0.228 e. The fraction of sp³-hybridized carbons (Fsp3) is 0.370. The van der Waals surface area contributed by atoms with Crippen LogP contribution in [0.1, 0.15) is 32.1 Å². The maximum atomic E-state index is 14.6. The van der Waals surface area contributed by atoms with E-state index in [1.54, 1.807) is 12.1 Å². The number of halogens is 3. The lowest BCUT2D eigenvalue weighted by molar-refractivity contribution is 0.141. The zero-order valence-electron chi connectivity index (χ0n) is 20.4. The first-order valence-corrected chi connectivity index (χ1v) is 12.7. The monoisotopic (exact) mass is 507 g/mol. The molecule has 2 aromatic carbocycles. The molecule has 2 saturated heterocycles. The Bertz CT molecular complexity index is 1440. The summed E-state index contributed by atoms with van der Waals surface area (Å²) in [6.45, 7) is 3.88. The highest BCUT2D eigenvalue weighted by molar-refractivity contribution is 5.99. The Hall–Kier alpha value is -3.66. The standard InChI is InChI=1S/C27H28F3N7/c28-18-6-4-5-17(15-18)24-23-25(31)37(22-16-19(29)7-8-21(22)30)34-26(23)33-27(32-24)36-13-9-20(10-14-36)35-11-2-1-3-12-35/h4-8,15-16,20H,1-3,9-14,31H2. The van der Waals surface area contributed by atoms with Crippen LogP contribution in [-0.4, -0.2) is 56.9 Å². The summed E-state index contributed by atoms with van der Waals surface area (Å²) in [5.41, 5.74) is 7.42. The van der Waals surface area contributed by atoms with Crippen molar-refractivity contribution < 1.29 is 13.2 Å². The van der Waals surface area contributed by atoms with Crippen molar-refractivity contribution >= 4 is 22.8 Å². The van der Waals surface area contributed by atoms with Gasteiger partial charge < -0.3 is 15.5 Å². The topological polar surface area (TPSA) is 76.1 Å². The second-order valence-electron chi connectivity index (χ2n) is 9.79. The summed E-state index contributed by atoms with van der Waals surface area (Å²) in [5.74, 6) is -1.21. The number of fused-ring (bicyclic) bond motifs is 1. The van der Waals surface area contributed by atoms with Crippen LogP contribution in [0.5, 0.6) is 0 Å². The number of nitrogens with two attached hydrogens (primary N) is 1. The Morgan fingerprint density at radius 2 is 1.59 bits per heavy atom. The summed E-state index contributed by atoms with van der Waals surface area (Å²) in [4.78, 5) is 14.2. The lowest BCUT2D eigenvalue weighted by Crippen LogP contribution is -2.47. The van der Waals surface area contributed by atoms with Crippen molar-refractivity contribution in [3.05, 3.63) is 59.9 Å². The first-order valence-electron chi connectivity index (χ1n) is 12.7. The average molecular weight is 508 g/mol. The van der Waals surface area contributed by atoms with Crippen LogP contribution in [0.3, 0.4) is 0 Å². The third-order valence-electron chi connectivity index (χ3n) is 7.45. The Morgan fingerprint density at radius 3 is 2.35 bits per heavy atom. The van der Waals surface area contributed by atoms with E-state index < -0.39 is 17.5 Å². The summed E-state index contributed by atoms with van der Waals surface area (Å²) in [5, 5.41) is 4.80. The number of rotatable bonds is 4. The third-order valence-corrected chi connectivity index (χ3v) is 7.45. The van der Waals surface area contributed by atoms with Gasteiger partial charge in [-0.25, -0.2) is 22.8 Å². The molecule has 10 heteroatoms. The van der Waals surface area contributed by atoms with Crippen molar-refractivity contribution in [3.8, 4) is 16.9 Å². The zero-order chi connectivity index (χ0) is 25.5. The molecule has 4 heterocycles. The van der Waals surface area contributed by atoms with E-state index >= 15 is 0 Å². The van der Waals surface area contributed by atoms with E-state index in [1.165, 1.54) is 31.4 Å². The molecule has 2 aliphatic heterocycles. The molecule has 4 aromatic rings. The molecule has 2 N–H and O–H groups in total. The van der Waals surface area contributed by atoms with Gasteiger partial charge in [0, 0.05) is 30.8 Å². The van der Waals surface area contributed by atoms with Crippen molar-refractivity contribution in [2.75, 3.05) is 36.8 Å². The van der Waals surface area contributed by atoms with Crippen LogP contribution in [0.4, 0.5) is 24.9 Å². The molecular weight excluding hydrogens is 479 g/mol. The first kappa shape index (κ1) is 23.7. The third kappa shape index (κ3) is 4.50. The molecule has 0 aliphatic carbocycles. The molecular formula is C27H28F3N7. The van der Waals surface area contributed by atoms with E-state index in [0.29, 0.717) is 28.6 Å². The molecule has 0 radical (unpaired) electrons. The molecule has 2 aromatic heterocycles.